The van der Waals surface area contributed by atoms with Gasteiger partial charge in [-0.15, -0.1) is 0 Å². The smallest absolute Gasteiger partial charge is 0.00820 e. The minimum absolute atomic E-state index is 0.539. The molecule has 0 nitrogen and oxygen atoms in total. The molecule has 0 heteroatoms. The summed E-state index contributed by atoms with van der Waals surface area (Å²) in [6.45, 7) is 7.74. The van der Waals surface area contributed by atoms with Crippen LogP contribution in [0.25, 0.3) is 0 Å². The summed E-state index contributed by atoms with van der Waals surface area (Å²) in [5.74, 6) is 0.539. The lowest BCUT2D eigenvalue weighted by Crippen LogP contribution is -1.78. The molecule has 0 saturated heterocycles. The Morgan fingerprint density at radius 2 is 2.00 bits per heavy atom. The lowest BCUT2D eigenvalue weighted by atomic mass is 10.1. The van der Waals surface area contributed by atoms with Crippen molar-refractivity contribution in [2.45, 2.75) is 13.8 Å². The molecule has 0 fully saturated rings. The van der Waals surface area contributed by atoms with Crippen LogP contribution in [0, 0.1) is 12.8 Å². The minimum Gasteiger partial charge on any atom is -0.0911 e. The molecule has 0 saturated carbocycles. The number of allylic oxidation sites excluding steroid dienone is 4. The van der Waals surface area contributed by atoms with Gasteiger partial charge in [0.1, 0.15) is 0 Å². The second-order valence-corrected chi connectivity index (χ2v) is 1.81. The van der Waals surface area contributed by atoms with Gasteiger partial charge in [-0.2, -0.15) is 0 Å². The Bertz CT molecular complexity index is 76.2. The molecule has 0 aliphatic carbocycles. The Morgan fingerprint density at radius 3 is 2.38 bits per heavy atom. The van der Waals surface area contributed by atoms with Crippen LogP contribution in [0.15, 0.2) is 24.3 Å². The summed E-state index contributed by atoms with van der Waals surface area (Å²) in [5.41, 5.74) is 0. The van der Waals surface area contributed by atoms with E-state index in [0.29, 0.717) is 5.92 Å². The van der Waals surface area contributed by atoms with Crippen LogP contribution in [0.2, 0.25) is 0 Å². The first-order valence-corrected chi connectivity index (χ1v) is 2.90. The fraction of sp³-hybridized carbons (Fsp3) is 0.375. The van der Waals surface area contributed by atoms with E-state index in [0.717, 1.165) is 0 Å². The first-order chi connectivity index (χ1) is 3.81. The maximum Gasteiger partial charge on any atom is -0.00820 e. The lowest BCUT2D eigenvalue weighted by molar-refractivity contribution is 0.937. The second kappa shape index (κ2) is 4.63. The summed E-state index contributed by atoms with van der Waals surface area (Å²) < 4.78 is 0. The van der Waals surface area contributed by atoms with Gasteiger partial charge in [-0.25, -0.2) is 0 Å². The van der Waals surface area contributed by atoms with E-state index >= 15 is 0 Å². The highest BCUT2D eigenvalue weighted by Crippen LogP contribution is 1.97. The maximum atomic E-state index is 3.59. The van der Waals surface area contributed by atoms with Crippen LogP contribution in [-0.2, 0) is 0 Å². The molecule has 0 amide bonds. The van der Waals surface area contributed by atoms with Crippen LogP contribution >= 0.6 is 0 Å². The summed E-state index contributed by atoms with van der Waals surface area (Å²) in [5, 5.41) is 0. The fourth-order valence-corrected chi connectivity index (χ4v) is 0.582. The third-order valence-corrected chi connectivity index (χ3v) is 0.936. The molecule has 0 spiro atoms. The highest BCUT2D eigenvalue weighted by atomic mass is 13.9. The zero-order valence-electron chi connectivity index (χ0n) is 5.59. The maximum absolute atomic E-state index is 3.59. The molecular weight excluding hydrogens is 96.1 g/mol. The molecule has 0 aromatic carbocycles. The molecule has 0 heterocycles. The average molecular weight is 109 g/mol. The van der Waals surface area contributed by atoms with Crippen molar-refractivity contribution in [2.24, 2.45) is 5.92 Å². The summed E-state index contributed by atoms with van der Waals surface area (Å²) in [6, 6.07) is 0. The lowest BCUT2D eigenvalue weighted by Gasteiger charge is -1.92. The second-order valence-electron chi connectivity index (χ2n) is 1.81. The third-order valence-electron chi connectivity index (χ3n) is 0.936. The van der Waals surface area contributed by atoms with Crippen LogP contribution in [0.4, 0.5) is 0 Å². The molecule has 0 N–H and O–H groups in total. The zero-order chi connectivity index (χ0) is 6.41. The van der Waals surface area contributed by atoms with Gasteiger partial charge in [-0.1, -0.05) is 31.2 Å². The molecule has 0 aromatic rings. The monoisotopic (exact) mass is 109 g/mol. The predicted octanol–water partition coefficient (Wildman–Crippen LogP) is 2.59. The topological polar surface area (TPSA) is 0 Å². The molecular formula is C8H13. The molecule has 0 aliphatic heterocycles. The summed E-state index contributed by atoms with van der Waals surface area (Å²) in [4.78, 5) is 0. The Hall–Kier alpha value is -0.520. The first-order valence-electron chi connectivity index (χ1n) is 2.90. The van der Waals surface area contributed by atoms with Crippen molar-refractivity contribution in [3.05, 3.63) is 31.2 Å². The molecule has 45 valence electrons. The van der Waals surface area contributed by atoms with Crippen molar-refractivity contribution in [2.75, 3.05) is 0 Å². The molecule has 1 unspecified atom stereocenters. The van der Waals surface area contributed by atoms with Gasteiger partial charge in [0.2, 0.25) is 0 Å². The third kappa shape index (κ3) is 3.66. The van der Waals surface area contributed by atoms with E-state index in [1.807, 2.05) is 19.1 Å². The number of hydrogen-bond acceptors (Lipinski definition) is 0. The van der Waals surface area contributed by atoms with Crippen molar-refractivity contribution in [1.29, 1.82) is 0 Å². The van der Waals surface area contributed by atoms with Crippen molar-refractivity contribution in [3.63, 3.8) is 0 Å². The van der Waals surface area contributed by atoms with Gasteiger partial charge in [0.15, 0.2) is 0 Å². The number of hydrogen-bond donors (Lipinski definition) is 0. The van der Waals surface area contributed by atoms with Crippen molar-refractivity contribution in [1.82, 2.24) is 0 Å². The van der Waals surface area contributed by atoms with Gasteiger partial charge in [-0.3, -0.25) is 0 Å². The van der Waals surface area contributed by atoms with E-state index < -0.39 is 0 Å². The molecule has 8 heavy (non-hydrogen) atoms. The zero-order valence-corrected chi connectivity index (χ0v) is 5.59. The molecule has 1 radical (unpaired) electrons. The standard InChI is InChI=1S/C8H13/c1-4-6-8(3)7-5-2/h4-8H,1H2,2-3H3. The first kappa shape index (κ1) is 7.48. The van der Waals surface area contributed by atoms with Crippen molar-refractivity contribution >= 4 is 0 Å². The highest BCUT2D eigenvalue weighted by Gasteiger charge is 1.83. The quantitative estimate of drug-likeness (QED) is 0.478. The highest BCUT2D eigenvalue weighted by molar-refractivity contribution is 4.98. The Balaban J connectivity index is 3.47. The summed E-state index contributed by atoms with van der Waals surface area (Å²) >= 11 is 0. The van der Waals surface area contributed by atoms with Crippen LogP contribution in [0.1, 0.15) is 13.8 Å². The van der Waals surface area contributed by atoms with Crippen LogP contribution in [-0.4, -0.2) is 0 Å². The van der Waals surface area contributed by atoms with E-state index in [2.05, 4.69) is 26.0 Å². The van der Waals surface area contributed by atoms with Gasteiger partial charge >= 0.3 is 0 Å². The largest absolute Gasteiger partial charge is 0.0911 e. The molecule has 1 atom stereocenters. The summed E-state index contributed by atoms with van der Waals surface area (Å²) in [6.07, 6.45) is 8.05. The van der Waals surface area contributed by atoms with E-state index in [1.165, 1.54) is 0 Å². The fourth-order valence-electron chi connectivity index (χ4n) is 0.582. The van der Waals surface area contributed by atoms with Crippen LogP contribution < -0.4 is 0 Å². The van der Waals surface area contributed by atoms with E-state index in [-0.39, 0.29) is 0 Å². The van der Waals surface area contributed by atoms with E-state index in [1.54, 1.807) is 0 Å². The van der Waals surface area contributed by atoms with Gasteiger partial charge < -0.3 is 0 Å². The molecule has 0 aliphatic rings. The molecule has 0 aromatic heterocycles. The van der Waals surface area contributed by atoms with Gasteiger partial charge in [0.05, 0.1) is 0 Å². The van der Waals surface area contributed by atoms with Gasteiger partial charge in [0.25, 0.3) is 0 Å². The minimum atomic E-state index is 0.539. The van der Waals surface area contributed by atoms with E-state index in [9.17, 15) is 0 Å². The predicted molar refractivity (Wildman–Crippen MR) is 38.5 cm³/mol. The van der Waals surface area contributed by atoms with Crippen LogP contribution in [0.3, 0.4) is 0 Å². The normalized spacial score (nSPS) is 15.9. The Labute approximate surface area is 51.9 Å². The molecule has 0 bridgehead atoms. The Morgan fingerprint density at radius 1 is 1.38 bits per heavy atom. The van der Waals surface area contributed by atoms with Gasteiger partial charge in [-0.05, 0) is 19.8 Å². The van der Waals surface area contributed by atoms with Gasteiger partial charge in [0, 0.05) is 0 Å². The number of rotatable bonds is 2. The van der Waals surface area contributed by atoms with Crippen LogP contribution in [0.5, 0.6) is 0 Å². The Kier molecular flexibility index (Phi) is 4.33. The SMILES string of the molecule is [CH2]C=CC(C)C=CC. The van der Waals surface area contributed by atoms with E-state index in [4.69, 9.17) is 0 Å². The van der Waals surface area contributed by atoms with Crippen molar-refractivity contribution < 1.29 is 0 Å². The average Bonchev–Trinajstić information content (AvgIpc) is 1.68. The van der Waals surface area contributed by atoms with Crippen molar-refractivity contribution in [3.8, 4) is 0 Å². The molecule has 0 rings (SSSR count). The summed E-state index contributed by atoms with van der Waals surface area (Å²) in [7, 11) is 0.